The fourth-order valence-electron chi connectivity index (χ4n) is 4.02. The number of hydrazine groups is 1. The van der Waals surface area contributed by atoms with E-state index in [1.54, 1.807) is 12.1 Å². The van der Waals surface area contributed by atoms with Gasteiger partial charge in [0, 0.05) is 36.7 Å². The summed E-state index contributed by atoms with van der Waals surface area (Å²) in [6.45, 7) is 0. The summed E-state index contributed by atoms with van der Waals surface area (Å²) in [5, 5.41) is 19.6. The molecule has 0 heterocycles. The van der Waals surface area contributed by atoms with Crippen LogP contribution in [0.15, 0.2) is 42.5 Å². The fraction of sp³-hybridized carbons (Fsp3) is 0.333. The number of phenols is 1. The average molecular weight is 488 g/mol. The molecular formula is C24H26ClN3O6. The first-order valence-corrected chi connectivity index (χ1v) is 11.2. The lowest BCUT2D eigenvalue weighted by atomic mass is 9.96. The molecule has 0 spiro atoms. The molecule has 2 amide bonds. The lowest BCUT2D eigenvalue weighted by Gasteiger charge is -2.25. The van der Waals surface area contributed by atoms with Crippen molar-refractivity contribution < 1.29 is 29.4 Å². The topological polar surface area (TPSA) is 141 Å². The number of Topliss-reactive ketones (excluding diaryl/α,β-unsaturated/α-hetero) is 1. The van der Waals surface area contributed by atoms with Gasteiger partial charge in [-0.05, 0) is 43.2 Å². The summed E-state index contributed by atoms with van der Waals surface area (Å²) in [5.41, 5.74) is 0.521. The number of nitrogens with zero attached hydrogens (tertiary/aromatic N) is 2. The molecule has 1 fully saturated rings. The number of carboxylic acids is 1. The van der Waals surface area contributed by atoms with E-state index >= 15 is 0 Å². The van der Waals surface area contributed by atoms with Crippen molar-refractivity contribution in [3.63, 3.8) is 0 Å². The van der Waals surface area contributed by atoms with Crippen molar-refractivity contribution in [3.05, 3.63) is 58.6 Å². The Morgan fingerprint density at radius 1 is 1.09 bits per heavy atom. The number of ketones is 1. The number of carbonyl (C=O) groups is 4. The third-order valence-corrected chi connectivity index (χ3v) is 6.34. The van der Waals surface area contributed by atoms with Crippen LogP contribution in [0.3, 0.4) is 0 Å². The summed E-state index contributed by atoms with van der Waals surface area (Å²) in [7, 11) is 1.52. The fourth-order valence-corrected chi connectivity index (χ4v) is 4.29. The number of anilines is 1. The Morgan fingerprint density at radius 2 is 1.76 bits per heavy atom. The van der Waals surface area contributed by atoms with Gasteiger partial charge >= 0.3 is 5.97 Å². The molecule has 180 valence electrons. The van der Waals surface area contributed by atoms with Crippen LogP contribution in [0.2, 0.25) is 5.02 Å². The van der Waals surface area contributed by atoms with E-state index in [0.29, 0.717) is 23.5 Å². The normalized spacial score (nSPS) is 14.4. The second-order valence-electron chi connectivity index (χ2n) is 8.30. The highest BCUT2D eigenvalue weighted by atomic mass is 35.5. The van der Waals surface area contributed by atoms with Gasteiger partial charge in [-0.1, -0.05) is 30.5 Å². The summed E-state index contributed by atoms with van der Waals surface area (Å²) in [4.78, 5) is 51.3. The second kappa shape index (κ2) is 10.7. The standard InChI is InChI=1S/C24H26ClN3O6/c1-27(16-7-4-8-17(29)12-16)22(31)15-9-10-18(19(25)11-15)23(32)28(26)20(24(33)34)13-21(30)14-5-2-3-6-14/h4,7-12,14,20,29H,2-3,5-6,13,26H2,1H3,(H,33,34)/t20-/m0/s1. The molecule has 9 nitrogen and oxygen atoms in total. The monoisotopic (exact) mass is 487 g/mol. The van der Waals surface area contributed by atoms with Crippen molar-refractivity contribution >= 4 is 40.9 Å². The molecule has 0 aromatic heterocycles. The molecule has 2 aromatic carbocycles. The summed E-state index contributed by atoms with van der Waals surface area (Å²) in [6.07, 6.45) is 2.87. The second-order valence-corrected chi connectivity index (χ2v) is 8.70. The van der Waals surface area contributed by atoms with Gasteiger partial charge in [0.1, 0.15) is 11.5 Å². The average Bonchev–Trinajstić information content (AvgIpc) is 3.35. The van der Waals surface area contributed by atoms with Crippen LogP contribution >= 0.6 is 11.6 Å². The van der Waals surface area contributed by atoms with Crippen LogP contribution < -0.4 is 10.7 Å². The Hall–Kier alpha value is -3.43. The first kappa shape index (κ1) is 25.2. The molecule has 1 saturated carbocycles. The highest BCUT2D eigenvalue weighted by Crippen LogP contribution is 2.28. The number of nitrogens with two attached hydrogens (primary N) is 1. The molecule has 1 atom stereocenters. The Morgan fingerprint density at radius 3 is 2.35 bits per heavy atom. The van der Waals surface area contributed by atoms with E-state index in [4.69, 9.17) is 17.4 Å². The molecular weight excluding hydrogens is 462 g/mol. The van der Waals surface area contributed by atoms with Gasteiger partial charge in [-0.15, -0.1) is 0 Å². The molecule has 4 N–H and O–H groups in total. The maximum atomic E-state index is 12.9. The van der Waals surface area contributed by atoms with Crippen molar-refractivity contribution in [1.29, 1.82) is 0 Å². The predicted octanol–water partition coefficient (Wildman–Crippen LogP) is 3.24. The van der Waals surface area contributed by atoms with Gasteiger partial charge in [-0.2, -0.15) is 0 Å². The zero-order valence-electron chi connectivity index (χ0n) is 18.6. The van der Waals surface area contributed by atoms with Crippen LogP contribution in [0.5, 0.6) is 5.75 Å². The lowest BCUT2D eigenvalue weighted by Crippen LogP contribution is -2.51. The van der Waals surface area contributed by atoms with E-state index in [-0.39, 0.29) is 40.0 Å². The Balaban J connectivity index is 1.76. The van der Waals surface area contributed by atoms with Gasteiger partial charge in [-0.3, -0.25) is 19.4 Å². The van der Waals surface area contributed by atoms with Gasteiger partial charge < -0.3 is 15.1 Å². The number of amides is 2. The molecule has 1 aliphatic carbocycles. The van der Waals surface area contributed by atoms with E-state index in [2.05, 4.69) is 0 Å². The largest absolute Gasteiger partial charge is 0.508 e. The van der Waals surface area contributed by atoms with Crippen molar-refractivity contribution in [3.8, 4) is 5.75 Å². The van der Waals surface area contributed by atoms with E-state index in [0.717, 1.165) is 12.8 Å². The van der Waals surface area contributed by atoms with Crippen LogP contribution in [0.4, 0.5) is 5.69 Å². The van der Waals surface area contributed by atoms with E-state index in [1.165, 1.54) is 42.3 Å². The number of halogens is 1. The maximum absolute atomic E-state index is 12.9. The first-order valence-electron chi connectivity index (χ1n) is 10.8. The van der Waals surface area contributed by atoms with E-state index in [1.807, 2.05) is 0 Å². The van der Waals surface area contributed by atoms with Crippen LogP contribution in [-0.2, 0) is 9.59 Å². The zero-order valence-corrected chi connectivity index (χ0v) is 19.4. The number of aromatic hydroxyl groups is 1. The molecule has 3 rings (SSSR count). The zero-order chi connectivity index (χ0) is 25.0. The maximum Gasteiger partial charge on any atom is 0.328 e. The van der Waals surface area contributed by atoms with Crippen LogP contribution in [0, 0.1) is 5.92 Å². The third-order valence-electron chi connectivity index (χ3n) is 6.03. The van der Waals surface area contributed by atoms with Crippen LogP contribution in [0.25, 0.3) is 0 Å². The first-order chi connectivity index (χ1) is 16.1. The van der Waals surface area contributed by atoms with Crippen molar-refractivity contribution in [2.24, 2.45) is 11.8 Å². The van der Waals surface area contributed by atoms with Crippen molar-refractivity contribution in [1.82, 2.24) is 5.01 Å². The Bertz CT molecular complexity index is 1120. The quantitative estimate of drug-likeness (QED) is 0.295. The molecule has 0 aliphatic heterocycles. The molecule has 0 radical (unpaired) electrons. The summed E-state index contributed by atoms with van der Waals surface area (Å²) < 4.78 is 0. The minimum atomic E-state index is -1.53. The highest BCUT2D eigenvalue weighted by Gasteiger charge is 2.34. The van der Waals surface area contributed by atoms with Crippen molar-refractivity contribution in [2.45, 2.75) is 38.1 Å². The minimum absolute atomic E-state index is 0.00133. The molecule has 10 heteroatoms. The predicted molar refractivity (Wildman–Crippen MR) is 126 cm³/mol. The van der Waals surface area contributed by atoms with Crippen LogP contribution in [0.1, 0.15) is 52.8 Å². The van der Waals surface area contributed by atoms with Gasteiger partial charge in [0.2, 0.25) is 0 Å². The number of phenolic OH excluding ortho intramolecular Hbond substituents is 1. The van der Waals surface area contributed by atoms with Gasteiger partial charge in [0.15, 0.2) is 6.04 Å². The number of carbonyl (C=O) groups excluding carboxylic acids is 3. The highest BCUT2D eigenvalue weighted by molar-refractivity contribution is 6.34. The number of aliphatic carboxylic acids is 1. The number of carboxylic acid groups (broad SMARTS) is 1. The SMILES string of the molecule is CN(C(=O)c1ccc(C(=O)N(N)[C@@H](CC(=O)C2CCCC2)C(=O)O)c(Cl)c1)c1cccc(O)c1. The number of rotatable bonds is 8. The minimum Gasteiger partial charge on any atom is -0.508 e. The molecule has 1 aliphatic rings. The molecule has 0 bridgehead atoms. The Labute approximate surface area is 201 Å². The summed E-state index contributed by atoms with van der Waals surface area (Å²) in [6, 6.07) is 8.53. The van der Waals surface area contributed by atoms with Crippen molar-refractivity contribution in [2.75, 3.05) is 11.9 Å². The number of benzene rings is 2. The Kier molecular flexibility index (Phi) is 7.90. The van der Waals surface area contributed by atoms with E-state index in [9.17, 15) is 29.4 Å². The van der Waals surface area contributed by atoms with Gasteiger partial charge in [-0.25, -0.2) is 10.6 Å². The van der Waals surface area contributed by atoms with Crippen LogP contribution in [-0.4, -0.2) is 51.9 Å². The lowest BCUT2D eigenvalue weighted by molar-refractivity contribution is -0.145. The molecule has 2 aromatic rings. The molecule has 0 saturated heterocycles. The van der Waals surface area contributed by atoms with E-state index < -0.39 is 23.8 Å². The van der Waals surface area contributed by atoms with Gasteiger partial charge in [0.05, 0.1) is 10.6 Å². The van der Waals surface area contributed by atoms with Gasteiger partial charge in [0.25, 0.3) is 11.8 Å². The number of hydrogen-bond acceptors (Lipinski definition) is 6. The summed E-state index contributed by atoms with van der Waals surface area (Å²) in [5.74, 6) is 2.69. The summed E-state index contributed by atoms with van der Waals surface area (Å²) >= 11 is 6.25. The molecule has 34 heavy (non-hydrogen) atoms. The number of hydrogen-bond donors (Lipinski definition) is 3. The molecule has 0 unspecified atom stereocenters. The smallest absolute Gasteiger partial charge is 0.328 e. The third kappa shape index (κ3) is 5.55.